The molecule has 4 saturated carbocycles. The number of hydrogen-bond acceptors (Lipinski definition) is 9. The summed E-state index contributed by atoms with van der Waals surface area (Å²) in [6.07, 6.45) is 1.49. The van der Waals surface area contributed by atoms with E-state index in [0.29, 0.717) is 18.8 Å². The first-order valence-corrected chi connectivity index (χ1v) is 14.5. The summed E-state index contributed by atoms with van der Waals surface area (Å²) in [5.41, 5.74) is -0.607. The molecule has 5 N–H and O–H groups in total. The third-order valence-corrected chi connectivity index (χ3v) is 12.0. The minimum Gasteiger partial charge on any atom is -0.458 e. The fourth-order valence-corrected chi connectivity index (χ4v) is 9.91. The highest BCUT2D eigenvalue weighted by atomic mass is 16.7. The van der Waals surface area contributed by atoms with Gasteiger partial charge in [-0.2, -0.15) is 0 Å². The summed E-state index contributed by atoms with van der Waals surface area (Å²) in [5, 5.41) is 54.7. The first kappa shape index (κ1) is 27.1. The second-order valence-corrected chi connectivity index (χ2v) is 13.7. The molecule has 2 aliphatic heterocycles. The second-order valence-electron chi connectivity index (χ2n) is 13.7. The molecule has 214 valence electrons. The molecule has 9 nitrogen and oxygen atoms in total. The smallest absolute Gasteiger partial charge is 0.331 e. The lowest BCUT2D eigenvalue weighted by atomic mass is 9.42. The molecule has 0 radical (unpaired) electrons. The van der Waals surface area contributed by atoms with Crippen LogP contribution in [0.5, 0.6) is 0 Å². The summed E-state index contributed by atoms with van der Waals surface area (Å²) in [7, 11) is 0. The zero-order valence-corrected chi connectivity index (χ0v) is 22.7. The minimum absolute atomic E-state index is 0.0143. The number of carbonyl (C=O) groups is 1. The van der Waals surface area contributed by atoms with E-state index < -0.39 is 47.8 Å². The lowest BCUT2D eigenvalue weighted by molar-refractivity contribution is -0.311. The quantitative estimate of drug-likeness (QED) is 0.267. The molecule has 0 spiro atoms. The van der Waals surface area contributed by atoms with E-state index in [1.807, 2.05) is 0 Å². The molecule has 5 fully saturated rings. The summed E-state index contributed by atoms with van der Waals surface area (Å²) in [6, 6.07) is 0. The highest BCUT2D eigenvalue weighted by Crippen LogP contribution is 2.70. The van der Waals surface area contributed by atoms with Crippen LogP contribution in [-0.2, 0) is 19.0 Å². The maximum atomic E-state index is 12.4. The topological polar surface area (TPSA) is 146 Å². The van der Waals surface area contributed by atoms with E-state index in [1.165, 1.54) is 0 Å². The third-order valence-electron chi connectivity index (χ3n) is 12.0. The summed E-state index contributed by atoms with van der Waals surface area (Å²) in [4.78, 5) is 11.8. The Morgan fingerprint density at radius 3 is 2.47 bits per heavy atom. The molecule has 0 amide bonds. The Balaban J connectivity index is 1.19. The highest BCUT2D eigenvalue weighted by Gasteiger charge is 2.70. The molecule has 0 aromatic heterocycles. The predicted molar refractivity (Wildman–Crippen MR) is 134 cm³/mol. The number of aliphatic hydroxyl groups is 5. The number of carbonyl (C=O) groups excluding carboxylic acids is 1. The maximum absolute atomic E-state index is 12.4. The Morgan fingerprint density at radius 2 is 1.76 bits per heavy atom. The zero-order valence-electron chi connectivity index (χ0n) is 22.7. The van der Waals surface area contributed by atoms with Crippen molar-refractivity contribution in [2.75, 3.05) is 6.61 Å². The average molecular weight is 537 g/mol. The summed E-state index contributed by atoms with van der Waals surface area (Å²) >= 11 is 0. The van der Waals surface area contributed by atoms with Crippen molar-refractivity contribution in [1.29, 1.82) is 0 Å². The lowest BCUT2D eigenvalue weighted by Crippen LogP contribution is -2.66. The summed E-state index contributed by atoms with van der Waals surface area (Å²) in [6.45, 7) is 6.32. The monoisotopic (exact) mass is 536 g/mol. The van der Waals surface area contributed by atoms with Gasteiger partial charge in [-0.1, -0.05) is 13.8 Å². The van der Waals surface area contributed by atoms with Crippen molar-refractivity contribution in [3.63, 3.8) is 0 Å². The molecule has 38 heavy (non-hydrogen) atoms. The van der Waals surface area contributed by atoms with Crippen molar-refractivity contribution in [2.24, 2.45) is 34.5 Å². The van der Waals surface area contributed by atoms with E-state index in [4.69, 9.17) is 14.2 Å². The van der Waals surface area contributed by atoms with Crippen LogP contribution >= 0.6 is 0 Å². The molecular weight excluding hydrogens is 492 g/mol. The summed E-state index contributed by atoms with van der Waals surface area (Å²) in [5.74, 6) is -0.0314. The molecule has 0 unspecified atom stereocenters. The molecule has 0 bridgehead atoms. The van der Waals surface area contributed by atoms with Crippen LogP contribution in [0.2, 0.25) is 0 Å². The van der Waals surface area contributed by atoms with Gasteiger partial charge in [-0.15, -0.1) is 0 Å². The predicted octanol–water partition coefficient (Wildman–Crippen LogP) is 1.43. The van der Waals surface area contributed by atoms with E-state index >= 15 is 0 Å². The first-order chi connectivity index (χ1) is 17.9. The molecule has 6 rings (SSSR count). The molecule has 9 heteroatoms. The van der Waals surface area contributed by atoms with Crippen LogP contribution in [0, 0.1) is 34.5 Å². The van der Waals surface area contributed by atoms with Crippen LogP contribution in [0.15, 0.2) is 11.6 Å². The van der Waals surface area contributed by atoms with E-state index in [0.717, 1.165) is 44.1 Å². The number of aliphatic hydroxyl groups excluding tert-OH is 4. The molecule has 14 atom stereocenters. The Kier molecular flexibility index (Phi) is 6.58. The van der Waals surface area contributed by atoms with Gasteiger partial charge in [-0.3, -0.25) is 0 Å². The Morgan fingerprint density at radius 1 is 1.00 bits per heavy atom. The average Bonchev–Trinajstić information content (AvgIpc) is 3.41. The molecular formula is C29H44O9. The minimum atomic E-state index is -1.32. The Labute approximate surface area is 224 Å². The lowest BCUT2D eigenvalue weighted by Gasteiger charge is -2.65. The van der Waals surface area contributed by atoms with Crippen molar-refractivity contribution in [3.8, 4) is 0 Å². The van der Waals surface area contributed by atoms with Gasteiger partial charge in [-0.05, 0) is 93.0 Å². The van der Waals surface area contributed by atoms with E-state index in [2.05, 4.69) is 13.8 Å². The largest absolute Gasteiger partial charge is 0.458 e. The zero-order chi connectivity index (χ0) is 27.2. The van der Waals surface area contributed by atoms with Gasteiger partial charge in [0.25, 0.3) is 0 Å². The van der Waals surface area contributed by atoms with Crippen molar-refractivity contribution >= 4 is 5.97 Å². The number of fused-ring (bicyclic) bond motifs is 5. The van der Waals surface area contributed by atoms with Crippen molar-refractivity contribution in [3.05, 3.63) is 11.6 Å². The number of esters is 1. The van der Waals surface area contributed by atoms with Crippen LogP contribution in [0.1, 0.15) is 72.1 Å². The SMILES string of the molecule is C[C@@H]1O[C@@H](O[C@H]2CC[C@@]3(C)[C@H](CC[C@@H]4[C@@H]3[C@@H](O)C[C@]3(C)[C@H](C5=CC(=O)OC5)CC[C@]43O)C2)[C@H](O)[C@H](O)[C@H]1O. The van der Waals surface area contributed by atoms with Crippen LogP contribution in [-0.4, -0.2) is 86.6 Å². The van der Waals surface area contributed by atoms with Gasteiger partial charge in [0.05, 0.1) is 23.9 Å². The van der Waals surface area contributed by atoms with Crippen LogP contribution in [0.3, 0.4) is 0 Å². The number of rotatable bonds is 3. The molecule has 4 aliphatic carbocycles. The normalized spacial score (nSPS) is 56.5. The molecule has 6 aliphatic rings. The third kappa shape index (κ3) is 3.80. The van der Waals surface area contributed by atoms with E-state index in [9.17, 15) is 30.3 Å². The number of cyclic esters (lactones) is 1. The van der Waals surface area contributed by atoms with Gasteiger partial charge >= 0.3 is 5.97 Å². The standard InChI is InChI=1S/C29H44O9/c1-14-23(32)24(33)25(34)26(37-14)38-17-6-8-27(2)16(11-17)4-5-19-22(27)20(30)12-28(3)18(7-9-29(19,28)35)15-10-21(31)36-13-15/h10,14,16-20,22-26,30,32-35H,4-9,11-13H2,1-3H3/t14-,16+,17-,18-,19+,20-,22+,23-,24+,25+,26-,27-,28+,29-/m0/s1. The van der Waals surface area contributed by atoms with Gasteiger partial charge in [0, 0.05) is 11.5 Å². The first-order valence-electron chi connectivity index (χ1n) is 14.5. The van der Waals surface area contributed by atoms with E-state index in [1.54, 1.807) is 13.0 Å². The van der Waals surface area contributed by atoms with Gasteiger partial charge in [0.1, 0.15) is 24.9 Å². The van der Waals surface area contributed by atoms with Gasteiger partial charge in [-0.25, -0.2) is 4.79 Å². The number of ether oxygens (including phenoxy) is 3. The van der Waals surface area contributed by atoms with Gasteiger partial charge in [0.2, 0.25) is 0 Å². The Bertz CT molecular complexity index is 985. The van der Waals surface area contributed by atoms with Crippen molar-refractivity contribution in [2.45, 2.75) is 121 Å². The Hall–Kier alpha value is -1.07. The fraction of sp³-hybridized carbons (Fsp3) is 0.897. The molecule has 1 saturated heterocycles. The number of hydrogen-bond donors (Lipinski definition) is 5. The van der Waals surface area contributed by atoms with Gasteiger partial charge in [0.15, 0.2) is 6.29 Å². The molecule has 0 aromatic rings. The molecule has 2 heterocycles. The fourth-order valence-electron chi connectivity index (χ4n) is 9.91. The van der Waals surface area contributed by atoms with Crippen molar-refractivity contribution < 1.29 is 44.5 Å². The maximum Gasteiger partial charge on any atom is 0.331 e. The highest BCUT2D eigenvalue weighted by molar-refractivity contribution is 5.85. The molecule has 0 aromatic carbocycles. The summed E-state index contributed by atoms with van der Waals surface area (Å²) < 4.78 is 17.1. The second kappa shape index (κ2) is 9.23. The van der Waals surface area contributed by atoms with Crippen molar-refractivity contribution in [1.82, 2.24) is 0 Å². The van der Waals surface area contributed by atoms with Crippen LogP contribution in [0.4, 0.5) is 0 Å². The van der Waals surface area contributed by atoms with Crippen LogP contribution < -0.4 is 0 Å². The van der Waals surface area contributed by atoms with E-state index in [-0.39, 0.29) is 41.8 Å². The van der Waals surface area contributed by atoms with Crippen LogP contribution in [0.25, 0.3) is 0 Å². The van der Waals surface area contributed by atoms with Gasteiger partial charge < -0.3 is 39.7 Å².